The van der Waals surface area contributed by atoms with Crippen LogP contribution in [0, 0.1) is 0 Å². The van der Waals surface area contributed by atoms with Gasteiger partial charge in [-0.2, -0.15) is 5.10 Å². The number of likely N-dealkylation sites (tertiary alicyclic amines) is 1. The van der Waals surface area contributed by atoms with E-state index < -0.39 is 5.97 Å². The van der Waals surface area contributed by atoms with Crippen LogP contribution in [-0.4, -0.2) is 46.3 Å². The van der Waals surface area contributed by atoms with Crippen molar-refractivity contribution in [1.82, 2.24) is 14.7 Å². The molecule has 126 valence electrons. The zero-order chi connectivity index (χ0) is 17.1. The fourth-order valence-corrected chi connectivity index (χ4v) is 2.85. The number of aryl methyl sites for hydroxylation is 1. The molecule has 0 saturated carbocycles. The maximum Gasteiger partial charge on any atom is 0.359 e. The van der Waals surface area contributed by atoms with E-state index in [1.54, 1.807) is 36.1 Å². The fraction of sp³-hybridized carbons (Fsp3) is 0.412. The van der Waals surface area contributed by atoms with Gasteiger partial charge < -0.3 is 9.64 Å². The molecule has 1 saturated heterocycles. The molecule has 0 radical (unpaired) electrons. The average Bonchev–Trinajstić information content (AvgIpc) is 3.15. The third-order valence-electron chi connectivity index (χ3n) is 4.15. The van der Waals surface area contributed by atoms with E-state index in [9.17, 15) is 14.4 Å². The van der Waals surface area contributed by atoms with Crippen LogP contribution in [-0.2, 0) is 16.1 Å². The number of nitrogens with zero attached hydrogens (tertiary/aromatic N) is 3. The number of esters is 1. The molecule has 2 aromatic rings. The van der Waals surface area contributed by atoms with E-state index in [1.807, 2.05) is 0 Å². The van der Waals surface area contributed by atoms with E-state index in [0.717, 1.165) is 12.8 Å². The number of amides is 1. The molecule has 1 aliphatic heterocycles. The molecule has 3 rings (SSSR count). The predicted octanol–water partition coefficient (Wildman–Crippen LogP) is 1.20. The summed E-state index contributed by atoms with van der Waals surface area (Å²) in [6.45, 7) is 3.22. The number of hydrogen-bond donors (Lipinski definition) is 0. The van der Waals surface area contributed by atoms with Crippen LogP contribution in [0.4, 0.5) is 0 Å². The van der Waals surface area contributed by atoms with Gasteiger partial charge in [0.05, 0.1) is 5.39 Å². The fourth-order valence-electron chi connectivity index (χ4n) is 2.85. The van der Waals surface area contributed by atoms with Gasteiger partial charge in [0, 0.05) is 25.0 Å². The molecule has 0 atom stereocenters. The number of fused-ring (bicyclic) bond motifs is 1. The molecule has 2 heterocycles. The Labute approximate surface area is 138 Å². The van der Waals surface area contributed by atoms with Gasteiger partial charge in [-0.25, -0.2) is 9.48 Å². The van der Waals surface area contributed by atoms with Gasteiger partial charge in [0.2, 0.25) is 0 Å². The molecule has 1 aromatic carbocycles. The van der Waals surface area contributed by atoms with E-state index in [1.165, 1.54) is 4.68 Å². The highest BCUT2D eigenvalue weighted by Crippen LogP contribution is 2.14. The lowest BCUT2D eigenvalue weighted by Gasteiger charge is -2.15. The highest BCUT2D eigenvalue weighted by molar-refractivity contribution is 6.02. The lowest BCUT2D eigenvalue weighted by Crippen LogP contribution is -2.32. The Hall–Kier alpha value is -2.70. The Morgan fingerprint density at radius 3 is 2.50 bits per heavy atom. The molecular weight excluding hydrogens is 310 g/mol. The van der Waals surface area contributed by atoms with Gasteiger partial charge in [-0.15, -0.1) is 0 Å². The minimum absolute atomic E-state index is 0.0567. The van der Waals surface area contributed by atoms with Gasteiger partial charge in [-0.05, 0) is 25.8 Å². The average molecular weight is 329 g/mol. The number of carbonyl (C=O) groups excluding carboxylic acids is 2. The van der Waals surface area contributed by atoms with Crippen LogP contribution in [0.2, 0.25) is 0 Å². The predicted molar refractivity (Wildman–Crippen MR) is 87.8 cm³/mol. The normalized spacial score (nSPS) is 14.1. The molecule has 0 bridgehead atoms. The highest BCUT2D eigenvalue weighted by atomic mass is 16.5. The summed E-state index contributed by atoms with van der Waals surface area (Å²) in [5, 5.41) is 4.94. The molecule has 1 fully saturated rings. The maximum atomic E-state index is 12.4. The monoisotopic (exact) mass is 329 g/mol. The van der Waals surface area contributed by atoms with Gasteiger partial charge in [-0.3, -0.25) is 9.59 Å². The smallest absolute Gasteiger partial charge is 0.359 e. The maximum absolute atomic E-state index is 12.4. The number of ether oxygens (including phenoxy) is 1. The number of rotatable bonds is 4. The minimum Gasteiger partial charge on any atom is -0.451 e. The molecule has 0 spiro atoms. The first-order valence-electron chi connectivity index (χ1n) is 8.06. The third-order valence-corrected chi connectivity index (χ3v) is 4.15. The zero-order valence-corrected chi connectivity index (χ0v) is 13.5. The lowest BCUT2D eigenvalue weighted by atomic mass is 10.1. The summed E-state index contributed by atoms with van der Waals surface area (Å²) >= 11 is 0. The SMILES string of the molecule is CCn1nc(C(=O)OCC(=O)N2CCCC2)c2ccccc2c1=O. The number of carbonyl (C=O) groups is 2. The quantitative estimate of drug-likeness (QED) is 0.787. The van der Waals surface area contributed by atoms with Crippen LogP contribution >= 0.6 is 0 Å². The van der Waals surface area contributed by atoms with Crippen LogP contribution in [0.3, 0.4) is 0 Å². The van der Waals surface area contributed by atoms with Gasteiger partial charge >= 0.3 is 5.97 Å². The van der Waals surface area contributed by atoms with E-state index in [4.69, 9.17) is 4.74 Å². The van der Waals surface area contributed by atoms with E-state index in [0.29, 0.717) is 30.4 Å². The van der Waals surface area contributed by atoms with Crippen LogP contribution < -0.4 is 5.56 Å². The molecule has 0 aliphatic carbocycles. The number of hydrogen-bond acceptors (Lipinski definition) is 5. The highest BCUT2D eigenvalue weighted by Gasteiger charge is 2.22. The molecule has 0 unspecified atom stereocenters. The van der Waals surface area contributed by atoms with Gasteiger partial charge in [-0.1, -0.05) is 18.2 Å². The molecule has 7 heteroatoms. The van der Waals surface area contributed by atoms with Crippen molar-refractivity contribution in [2.24, 2.45) is 0 Å². The van der Waals surface area contributed by atoms with E-state index in [2.05, 4.69) is 5.10 Å². The molecular formula is C17H19N3O4. The van der Waals surface area contributed by atoms with Gasteiger partial charge in [0.25, 0.3) is 11.5 Å². The summed E-state index contributed by atoms with van der Waals surface area (Å²) in [7, 11) is 0. The standard InChI is InChI=1S/C17H19N3O4/c1-2-20-16(22)13-8-4-3-7-12(13)15(18-20)17(23)24-11-14(21)19-9-5-6-10-19/h3-4,7-8H,2,5-6,9-11H2,1H3. The van der Waals surface area contributed by atoms with Gasteiger partial charge in [0.15, 0.2) is 12.3 Å². The molecule has 24 heavy (non-hydrogen) atoms. The number of benzene rings is 1. The van der Waals surface area contributed by atoms with Crippen molar-refractivity contribution in [3.8, 4) is 0 Å². The second-order valence-corrected chi connectivity index (χ2v) is 5.68. The molecule has 0 N–H and O–H groups in total. The Bertz CT molecular complexity index is 837. The van der Waals surface area contributed by atoms with Crippen LogP contribution in [0.1, 0.15) is 30.3 Å². The summed E-state index contributed by atoms with van der Waals surface area (Å²) < 4.78 is 6.37. The topological polar surface area (TPSA) is 81.5 Å². The van der Waals surface area contributed by atoms with E-state index in [-0.39, 0.29) is 23.8 Å². The summed E-state index contributed by atoms with van der Waals surface area (Å²) in [4.78, 5) is 38.3. The third kappa shape index (κ3) is 3.02. The second kappa shape index (κ2) is 6.82. The molecule has 1 amide bonds. The van der Waals surface area contributed by atoms with Crippen molar-refractivity contribution in [2.45, 2.75) is 26.3 Å². The van der Waals surface area contributed by atoms with Crippen molar-refractivity contribution >= 4 is 22.6 Å². The van der Waals surface area contributed by atoms with Crippen LogP contribution in [0.5, 0.6) is 0 Å². The van der Waals surface area contributed by atoms with Gasteiger partial charge in [0.1, 0.15) is 0 Å². The van der Waals surface area contributed by atoms with Crippen molar-refractivity contribution in [3.63, 3.8) is 0 Å². The Morgan fingerprint density at radius 2 is 1.83 bits per heavy atom. The first kappa shape index (κ1) is 16.2. The Balaban J connectivity index is 1.85. The van der Waals surface area contributed by atoms with Crippen molar-refractivity contribution < 1.29 is 14.3 Å². The van der Waals surface area contributed by atoms with E-state index >= 15 is 0 Å². The van der Waals surface area contributed by atoms with Crippen LogP contribution in [0.25, 0.3) is 10.8 Å². The summed E-state index contributed by atoms with van der Waals surface area (Å²) in [5.41, 5.74) is -0.195. The van der Waals surface area contributed by atoms with Crippen LogP contribution in [0.15, 0.2) is 29.1 Å². The zero-order valence-electron chi connectivity index (χ0n) is 13.5. The summed E-state index contributed by atoms with van der Waals surface area (Å²) in [6, 6.07) is 6.77. The molecule has 1 aliphatic rings. The second-order valence-electron chi connectivity index (χ2n) is 5.68. The van der Waals surface area contributed by atoms with Crippen molar-refractivity contribution in [3.05, 3.63) is 40.3 Å². The Morgan fingerprint density at radius 1 is 1.17 bits per heavy atom. The summed E-state index contributed by atoms with van der Waals surface area (Å²) in [6.07, 6.45) is 1.96. The first-order valence-corrected chi connectivity index (χ1v) is 8.06. The largest absolute Gasteiger partial charge is 0.451 e. The Kier molecular flexibility index (Phi) is 4.59. The lowest BCUT2D eigenvalue weighted by molar-refractivity contribution is -0.133. The van der Waals surface area contributed by atoms with Crippen molar-refractivity contribution in [2.75, 3.05) is 19.7 Å². The molecule has 1 aromatic heterocycles. The number of aromatic nitrogens is 2. The van der Waals surface area contributed by atoms with Crippen molar-refractivity contribution in [1.29, 1.82) is 0 Å². The summed E-state index contributed by atoms with van der Waals surface area (Å²) in [5.74, 6) is -0.894. The molecule has 7 nitrogen and oxygen atoms in total. The first-order chi connectivity index (χ1) is 11.6. The minimum atomic E-state index is -0.694.